The van der Waals surface area contributed by atoms with Gasteiger partial charge < -0.3 is 19.8 Å². The molecule has 2 aromatic carbocycles. The van der Waals surface area contributed by atoms with Gasteiger partial charge in [-0.2, -0.15) is 0 Å². The third-order valence-corrected chi connectivity index (χ3v) is 3.72. The molecule has 0 saturated heterocycles. The summed E-state index contributed by atoms with van der Waals surface area (Å²) in [6.07, 6.45) is 0. The minimum atomic E-state index is -0.713. The number of para-hydroxylation sites is 1. The molecule has 0 aliphatic rings. The number of fused-ring (bicyclic) bond motifs is 1. The van der Waals surface area contributed by atoms with Crippen molar-refractivity contribution in [2.75, 3.05) is 18.5 Å². The summed E-state index contributed by atoms with van der Waals surface area (Å²) in [5, 5.41) is 5.92. The maximum absolute atomic E-state index is 12.5. The van der Waals surface area contributed by atoms with E-state index in [-0.39, 0.29) is 18.1 Å². The monoisotopic (exact) mass is 366 g/mol. The molecule has 7 nitrogen and oxygen atoms in total. The van der Waals surface area contributed by atoms with Crippen molar-refractivity contribution in [2.45, 2.75) is 6.92 Å². The zero-order valence-electron chi connectivity index (χ0n) is 14.7. The number of nitrogens with one attached hydrogen (secondary N) is 2. The van der Waals surface area contributed by atoms with Crippen LogP contribution < -0.4 is 21.0 Å². The third-order valence-electron chi connectivity index (χ3n) is 3.72. The SMILES string of the molecule is CCNC(=O)COc1cccc(NC(=O)c2cc3ccccc3oc2=O)c1. The Morgan fingerprint density at radius 1 is 1.07 bits per heavy atom. The fourth-order valence-corrected chi connectivity index (χ4v) is 2.48. The van der Waals surface area contributed by atoms with Gasteiger partial charge in [-0.05, 0) is 31.2 Å². The molecule has 3 aromatic rings. The molecule has 0 aliphatic carbocycles. The highest BCUT2D eigenvalue weighted by Gasteiger charge is 2.14. The second-order valence-electron chi connectivity index (χ2n) is 5.71. The smallest absolute Gasteiger partial charge is 0.349 e. The molecule has 27 heavy (non-hydrogen) atoms. The van der Waals surface area contributed by atoms with Gasteiger partial charge in [-0.1, -0.05) is 24.3 Å². The molecule has 0 radical (unpaired) electrons. The van der Waals surface area contributed by atoms with Crippen LogP contribution in [0.2, 0.25) is 0 Å². The van der Waals surface area contributed by atoms with Crippen LogP contribution in [0.4, 0.5) is 5.69 Å². The maximum Gasteiger partial charge on any atom is 0.349 e. The Morgan fingerprint density at radius 2 is 1.89 bits per heavy atom. The summed E-state index contributed by atoms with van der Waals surface area (Å²) in [4.78, 5) is 36.0. The molecule has 0 fully saturated rings. The minimum absolute atomic E-state index is 0.0951. The molecule has 0 unspecified atom stereocenters. The maximum atomic E-state index is 12.5. The molecular formula is C20H18N2O5. The Kier molecular flexibility index (Phi) is 5.51. The van der Waals surface area contributed by atoms with Crippen molar-refractivity contribution >= 4 is 28.5 Å². The Hall–Kier alpha value is -3.61. The van der Waals surface area contributed by atoms with E-state index in [1.54, 1.807) is 48.5 Å². The van der Waals surface area contributed by atoms with Gasteiger partial charge in [-0.15, -0.1) is 0 Å². The van der Waals surface area contributed by atoms with Crippen molar-refractivity contribution in [1.29, 1.82) is 0 Å². The molecule has 0 bridgehead atoms. The second kappa shape index (κ2) is 8.18. The van der Waals surface area contributed by atoms with Gasteiger partial charge in [0.1, 0.15) is 16.9 Å². The summed E-state index contributed by atoms with van der Waals surface area (Å²) in [6, 6.07) is 15.0. The molecule has 3 rings (SSSR count). The van der Waals surface area contributed by atoms with Gasteiger partial charge >= 0.3 is 5.63 Å². The predicted octanol–water partition coefficient (Wildman–Crippen LogP) is 2.56. The quantitative estimate of drug-likeness (QED) is 0.654. The summed E-state index contributed by atoms with van der Waals surface area (Å²) in [6.45, 7) is 2.21. The summed E-state index contributed by atoms with van der Waals surface area (Å²) in [5.74, 6) is -0.402. The number of hydrogen-bond acceptors (Lipinski definition) is 5. The zero-order valence-corrected chi connectivity index (χ0v) is 14.7. The first-order chi connectivity index (χ1) is 13.1. The normalized spacial score (nSPS) is 10.4. The van der Waals surface area contributed by atoms with Crippen LogP contribution in [0.15, 0.2) is 63.8 Å². The van der Waals surface area contributed by atoms with Gasteiger partial charge in [0, 0.05) is 23.7 Å². The molecule has 0 atom stereocenters. The first-order valence-electron chi connectivity index (χ1n) is 8.40. The van der Waals surface area contributed by atoms with E-state index in [9.17, 15) is 14.4 Å². The number of hydrogen-bond donors (Lipinski definition) is 2. The number of carbonyl (C=O) groups is 2. The minimum Gasteiger partial charge on any atom is -0.484 e. The van der Waals surface area contributed by atoms with E-state index in [4.69, 9.17) is 9.15 Å². The Morgan fingerprint density at radius 3 is 2.70 bits per heavy atom. The molecule has 0 spiro atoms. The molecule has 1 aromatic heterocycles. The second-order valence-corrected chi connectivity index (χ2v) is 5.71. The van der Waals surface area contributed by atoms with Crippen LogP contribution in [0, 0.1) is 0 Å². The molecule has 138 valence electrons. The van der Waals surface area contributed by atoms with Crippen molar-refractivity contribution < 1.29 is 18.7 Å². The molecule has 2 amide bonds. The molecular weight excluding hydrogens is 348 g/mol. The summed E-state index contributed by atoms with van der Waals surface area (Å²) >= 11 is 0. The number of carbonyl (C=O) groups excluding carboxylic acids is 2. The first-order valence-corrected chi connectivity index (χ1v) is 8.40. The van der Waals surface area contributed by atoms with E-state index >= 15 is 0 Å². The van der Waals surface area contributed by atoms with Crippen molar-refractivity contribution in [2.24, 2.45) is 0 Å². The summed E-state index contributed by atoms with van der Waals surface area (Å²) in [7, 11) is 0. The van der Waals surface area contributed by atoms with Gasteiger partial charge in [0.2, 0.25) is 0 Å². The van der Waals surface area contributed by atoms with E-state index in [1.807, 2.05) is 6.92 Å². The van der Waals surface area contributed by atoms with Gasteiger partial charge in [-0.3, -0.25) is 9.59 Å². The number of rotatable bonds is 6. The van der Waals surface area contributed by atoms with E-state index in [2.05, 4.69) is 10.6 Å². The lowest BCUT2D eigenvalue weighted by Crippen LogP contribution is -2.28. The molecule has 1 heterocycles. The van der Waals surface area contributed by atoms with Crippen molar-refractivity contribution in [3.63, 3.8) is 0 Å². The predicted molar refractivity (Wildman–Crippen MR) is 101 cm³/mol. The van der Waals surface area contributed by atoms with Gasteiger partial charge in [0.15, 0.2) is 6.61 Å². The molecule has 2 N–H and O–H groups in total. The van der Waals surface area contributed by atoms with Crippen molar-refractivity contribution in [3.8, 4) is 5.75 Å². The lowest BCUT2D eigenvalue weighted by Gasteiger charge is -2.09. The summed E-state index contributed by atoms with van der Waals surface area (Å²) in [5.41, 5.74) is 0.0398. The highest BCUT2D eigenvalue weighted by molar-refractivity contribution is 6.05. The lowest BCUT2D eigenvalue weighted by molar-refractivity contribution is -0.122. The molecule has 0 aliphatic heterocycles. The largest absolute Gasteiger partial charge is 0.484 e. The number of anilines is 1. The van der Waals surface area contributed by atoms with Gasteiger partial charge in [0.05, 0.1) is 0 Å². The highest BCUT2D eigenvalue weighted by atomic mass is 16.5. The highest BCUT2D eigenvalue weighted by Crippen LogP contribution is 2.19. The molecule has 7 heteroatoms. The number of ether oxygens (including phenoxy) is 1. The van der Waals surface area contributed by atoms with Crippen LogP contribution in [0.25, 0.3) is 11.0 Å². The van der Waals surface area contributed by atoms with Gasteiger partial charge in [0.25, 0.3) is 11.8 Å². The fraction of sp³-hybridized carbons (Fsp3) is 0.150. The zero-order chi connectivity index (χ0) is 19.2. The van der Waals surface area contributed by atoms with E-state index in [0.29, 0.717) is 29.0 Å². The van der Waals surface area contributed by atoms with E-state index in [0.717, 1.165) is 0 Å². The van der Waals surface area contributed by atoms with Crippen molar-refractivity contribution in [3.05, 3.63) is 70.6 Å². The standard InChI is InChI=1S/C20H18N2O5/c1-2-21-18(23)12-26-15-8-5-7-14(11-15)22-19(24)16-10-13-6-3-4-9-17(13)27-20(16)25/h3-11H,2,12H2,1H3,(H,21,23)(H,22,24). The Balaban J connectivity index is 1.74. The fourth-order valence-electron chi connectivity index (χ4n) is 2.48. The van der Waals surface area contributed by atoms with Gasteiger partial charge in [-0.25, -0.2) is 4.79 Å². The van der Waals surface area contributed by atoms with Crippen LogP contribution in [0.5, 0.6) is 5.75 Å². The van der Waals surface area contributed by atoms with Crippen LogP contribution in [-0.4, -0.2) is 25.0 Å². The Bertz CT molecular complexity index is 1040. The first kappa shape index (κ1) is 18.2. The van der Waals surface area contributed by atoms with Crippen LogP contribution >= 0.6 is 0 Å². The van der Waals surface area contributed by atoms with E-state index < -0.39 is 11.5 Å². The number of amides is 2. The topological polar surface area (TPSA) is 97.6 Å². The molecule has 0 saturated carbocycles. The van der Waals surface area contributed by atoms with E-state index in [1.165, 1.54) is 6.07 Å². The average Bonchev–Trinajstić information content (AvgIpc) is 2.66. The third kappa shape index (κ3) is 4.52. The average molecular weight is 366 g/mol. The number of benzene rings is 2. The van der Waals surface area contributed by atoms with Crippen LogP contribution in [0.1, 0.15) is 17.3 Å². The van der Waals surface area contributed by atoms with Crippen molar-refractivity contribution in [1.82, 2.24) is 5.32 Å². The Labute approximate surface area is 154 Å². The van der Waals surface area contributed by atoms with Crippen LogP contribution in [-0.2, 0) is 4.79 Å². The summed E-state index contributed by atoms with van der Waals surface area (Å²) < 4.78 is 10.6. The lowest BCUT2D eigenvalue weighted by atomic mass is 10.1. The van der Waals surface area contributed by atoms with Crippen LogP contribution in [0.3, 0.4) is 0 Å². The number of likely N-dealkylation sites (N-methyl/N-ethyl adjacent to an activating group) is 1.